The Labute approximate surface area is 127 Å². The van der Waals surface area contributed by atoms with Crippen LogP contribution in [0.2, 0.25) is 0 Å². The molecule has 0 aromatic heterocycles. The second-order valence-corrected chi connectivity index (χ2v) is 6.50. The molecule has 0 spiro atoms. The quantitative estimate of drug-likeness (QED) is 0.893. The van der Waals surface area contributed by atoms with Gasteiger partial charge in [-0.15, -0.1) is 0 Å². The number of rotatable bonds is 5. The highest BCUT2D eigenvalue weighted by Crippen LogP contribution is 2.26. The number of aliphatic carboxylic acids is 1. The van der Waals surface area contributed by atoms with Gasteiger partial charge in [-0.05, 0) is 5.56 Å². The number of hydrogen-bond donors (Lipinski definition) is 1. The van der Waals surface area contributed by atoms with Crippen molar-refractivity contribution in [2.45, 2.75) is 31.1 Å². The van der Waals surface area contributed by atoms with Gasteiger partial charge >= 0.3 is 5.97 Å². The second-order valence-electron chi connectivity index (χ2n) is 5.03. The van der Waals surface area contributed by atoms with Crippen molar-refractivity contribution in [3.63, 3.8) is 0 Å². The van der Waals surface area contributed by atoms with E-state index in [2.05, 4.69) is 0 Å². The molecule has 1 heterocycles. The van der Waals surface area contributed by atoms with Crippen LogP contribution in [-0.4, -0.2) is 44.8 Å². The normalized spacial score (nSPS) is 19.6. The Kier molecular flexibility index (Phi) is 5.01. The van der Waals surface area contributed by atoms with Crippen molar-refractivity contribution in [2.24, 2.45) is 0 Å². The van der Waals surface area contributed by atoms with Crippen molar-refractivity contribution in [3.8, 4) is 0 Å². The van der Waals surface area contributed by atoms with Crippen LogP contribution in [0.1, 0.15) is 18.9 Å². The van der Waals surface area contributed by atoms with Crippen LogP contribution in [0.3, 0.4) is 0 Å². The third kappa shape index (κ3) is 4.07. The number of carbonyl (C=O) groups excluding carboxylic acids is 2. The summed E-state index contributed by atoms with van der Waals surface area (Å²) in [6.07, 6.45) is 0.502. The molecule has 1 aliphatic heterocycles. The zero-order valence-electron chi connectivity index (χ0n) is 11.7. The lowest BCUT2D eigenvalue weighted by Gasteiger charge is -2.24. The Bertz CT molecular complexity index is 546. The maximum Gasteiger partial charge on any atom is 0.326 e. The van der Waals surface area contributed by atoms with Crippen molar-refractivity contribution in [3.05, 3.63) is 35.9 Å². The van der Waals surface area contributed by atoms with Gasteiger partial charge in [0, 0.05) is 31.6 Å². The Morgan fingerprint density at radius 3 is 2.62 bits per heavy atom. The molecule has 1 aromatic rings. The topological polar surface area (TPSA) is 74.7 Å². The van der Waals surface area contributed by atoms with Crippen molar-refractivity contribution < 1.29 is 19.5 Å². The number of carboxylic acid groups (broad SMARTS) is 1. The summed E-state index contributed by atoms with van der Waals surface area (Å²) in [4.78, 5) is 36.0. The minimum atomic E-state index is -1.01. The predicted molar refractivity (Wildman–Crippen MR) is 80.0 cm³/mol. The maximum absolute atomic E-state index is 12.0. The van der Waals surface area contributed by atoms with Crippen molar-refractivity contribution in [2.75, 3.05) is 6.54 Å². The first kappa shape index (κ1) is 15.6. The molecule has 0 saturated carbocycles. The average molecular weight is 307 g/mol. The van der Waals surface area contributed by atoms with Gasteiger partial charge in [0.1, 0.15) is 6.04 Å². The smallest absolute Gasteiger partial charge is 0.326 e. The average Bonchev–Trinajstić information content (AvgIpc) is 2.76. The molecule has 112 valence electrons. The predicted octanol–water partition coefficient (Wildman–Crippen LogP) is 1.56. The van der Waals surface area contributed by atoms with Crippen LogP contribution in [0, 0.1) is 0 Å². The van der Waals surface area contributed by atoms with Gasteiger partial charge in [-0.25, -0.2) is 4.79 Å². The number of carbonyl (C=O) groups is 3. The van der Waals surface area contributed by atoms with Crippen LogP contribution in [0.25, 0.3) is 0 Å². The molecule has 0 bridgehead atoms. The summed E-state index contributed by atoms with van der Waals surface area (Å²) in [5.74, 6) is -1.21. The fraction of sp³-hybridized carbons (Fsp3) is 0.400. The molecule has 0 radical (unpaired) electrons. The van der Waals surface area contributed by atoms with Crippen LogP contribution in [0.4, 0.5) is 0 Å². The van der Waals surface area contributed by atoms with E-state index in [1.165, 1.54) is 11.8 Å². The summed E-state index contributed by atoms with van der Waals surface area (Å²) in [5.41, 5.74) is 0.875. The van der Waals surface area contributed by atoms with Crippen molar-refractivity contribution in [1.82, 2.24) is 4.90 Å². The van der Waals surface area contributed by atoms with E-state index in [9.17, 15) is 19.5 Å². The van der Waals surface area contributed by atoms with E-state index in [-0.39, 0.29) is 29.1 Å². The molecule has 1 fully saturated rings. The number of likely N-dealkylation sites (tertiary alicyclic amines) is 1. The first-order chi connectivity index (χ1) is 9.97. The fourth-order valence-electron chi connectivity index (χ4n) is 2.48. The number of benzene rings is 1. The van der Waals surface area contributed by atoms with E-state index >= 15 is 0 Å². The first-order valence-corrected chi connectivity index (χ1v) is 7.58. The van der Waals surface area contributed by atoms with Crippen molar-refractivity contribution in [1.29, 1.82) is 0 Å². The summed E-state index contributed by atoms with van der Waals surface area (Å²) >= 11 is 1.11. The maximum atomic E-state index is 12.0. The summed E-state index contributed by atoms with van der Waals surface area (Å²) in [6, 6.07) is 8.36. The van der Waals surface area contributed by atoms with Crippen LogP contribution in [-0.2, 0) is 20.8 Å². The SMILES string of the molecule is CC(=O)SC1CC(=O)N(C(Cc2ccccc2)C(=O)O)C1. The Balaban J connectivity index is 2.10. The molecule has 1 aromatic carbocycles. The molecule has 1 amide bonds. The molecule has 2 unspecified atom stereocenters. The molecule has 2 rings (SSSR count). The third-order valence-electron chi connectivity index (χ3n) is 3.39. The largest absolute Gasteiger partial charge is 0.480 e. The van der Waals surface area contributed by atoms with Gasteiger partial charge in [-0.2, -0.15) is 0 Å². The van der Waals surface area contributed by atoms with Gasteiger partial charge in [0.25, 0.3) is 0 Å². The second kappa shape index (κ2) is 6.76. The van der Waals surface area contributed by atoms with Crippen LogP contribution in [0.15, 0.2) is 30.3 Å². The number of amides is 1. The van der Waals surface area contributed by atoms with E-state index < -0.39 is 12.0 Å². The number of thioether (sulfide) groups is 1. The highest BCUT2D eigenvalue weighted by Gasteiger charge is 2.38. The molecular weight excluding hydrogens is 290 g/mol. The molecule has 1 aliphatic rings. The molecule has 0 aliphatic carbocycles. The molecule has 1 saturated heterocycles. The molecule has 6 heteroatoms. The van der Waals surface area contributed by atoms with Gasteiger partial charge in [0.2, 0.25) is 5.91 Å². The van der Waals surface area contributed by atoms with Gasteiger partial charge in [-0.3, -0.25) is 9.59 Å². The first-order valence-electron chi connectivity index (χ1n) is 6.71. The Morgan fingerprint density at radius 1 is 1.38 bits per heavy atom. The molecule has 1 N–H and O–H groups in total. The minimum Gasteiger partial charge on any atom is -0.480 e. The standard InChI is InChI=1S/C15H17NO4S/c1-10(17)21-12-8-14(18)16(9-12)13(15(19)20)7-11-5-3-2-4-6-11/h2-6,12-13H,7-9H2,1H3,(H,19,20). The van der Waals surface area contributed by atoms with E-state index in [1.54, 1.807) is 0 Å². The lowest BCUT2D eigenvalue weighted by Crippen LogP contribution is -2.43. The van der Waals surface area contributed by atoms with E-state index in [0.29, 0.717) is 6.54 Å². The van der Waals surface area contributed by atoms with E-state index in [0.717, 1.165) is 17.3 Å². The summed E-state index contributed by atoms with van der Waals surface area (Å²) in [6.45, 7) is 1.77. The monoisotopic (exact) mass is 307 g/mol. The molecule has 2 atom stereocenters. The number of hydrogen-bond acceptors (Lipinski definition) is 4. The summed E-state index contributed by atoms with van der Waals surface area (Å²) in [5, 5.41) is 9.22. The third-order valence-corrected chi connectivity index (χ3v) is 4.37. The van der Waals surface area contributed by atoms with Crippen molar-refractivity contribution >= 4 is 28.8 Å². The zero-order chi connectivity index (χ0) is 15.4. The van der Waals surface area contributed by atoms with E-state index in [4.69, 9.17) is 0 Å². The highest BCUT2D eigenvalue weighted by atomic mass is 32.2. The van der Waals surface area contributed by atoms with E-state index in [1.807, 2.05) is 30.3 Å². The summed E-state index contributed by atoms with van der Waals surface area (Å²) < 4.78 is 0. The zero-order valence-corrected chi connectivity index (χ0v) is 12.5. The number of carboxylic acids is 1. The minimum absolute atomic E-state index is 0.0513. The molecule has 5 nitrogen and oxygen atoms in total. The lowest BCUT2D eigenvalue weighted by molar-refractivity contribution is -0.148. The van der Waals surface area contributed by atoms with Gasteiger partial charge in [0.05, 0.1) is 0 Å². The lowest BCUT2D eigenvalue weighted by atomic mass is 10.1. The van der Waals surface area contributed by atoms with Crippen LogP contribution in [0.5, 0.6) is 0 Å². The fourth-order valence-corrected chi connectivity index (χ4v) is 3.41. The Morgan fingerprint density at radius 2 is 2.05 bits per heavy atom. The highest BCUT2D eigenvalue weighted by molar-refractivity contribution is 8.14. The molecular formula is C15H17NO4S. The van der Waals surface area contributed by atoms with Gasteiger partial charge in [-0.1, -0.05) is 42.1 Å². The molecule has 21 heavy (non-hydrogen) atoms. The number of nitrogens with zero attached hydrogens (tertiary/aromatic N) is 1. The Hall–Kier alpha value is -1.82. The summed E-state index contributed by atoms with van der Waals surface area (Å²) in [7, 11) is 0. The van der Waals surface area contributed by atoms with Gasteiger partial charge in [0.15, 0.2) is 5.12 Å². The van der Waals surface area contributed by atoms with Crippen LogP contribution < -0.4 is 0 Å². The van der Waals surface area contributed by atoms with Gasteiger partial charge < -0.3 is 10.0 Å². The van der Waals surface area contributed by atoms with Crippen LogP contribution >= 0.6 is 11.8 Å².